The van der Waals surface area contributed by atoms with E-state index < -0.39 is 0 Å². The molecule has 0 saturated heterocycles. The number of carbonyl (C=O) groups excluding carboxylic acids is 1. The molecule has 2 rings (SSSR count). The third-order valence-electron chi connectivity index (χ3n) is 2.90. The zero-order valence-electron chi connectivity index (χ0n) is 12.3. The summed E-state index contributed by atoms with van der Waals surface area (Å²) in [6, 6.07) is 15.6. The number of hydrazone groups is 1. The highest BCUT2D eigenvalue weighted by Gasteiger charge is 2.04. The fraction of sp³-hybridized carbons (Fsp3) is 0.176. The molecule has 0 unspecified atom stereocenters. The largest absolute Gasteiger partial charge is 0.483 e. The fourth-order valence-corrected chi connectivity index (χ4v) is 2.39. The van der Waals surface area contributed by atoms with Crippen LogP contribution in [0.1, 0.15) is 11.1 Å². The first-order valence-corrected chi connectivity index (χ1v) is 7.67. The van der Waals surface area contributed by atoms with Gasteiger partial charge in [0, 0.05) is 12.6 Å². The molecule has 1 amide bonds. The number of nitrogens with zero attached hydrogens (tertiary/aromatic N) is 1. The topological polar surface area (TPSA) is 50.7 Å². The van der Waals surface area contributed by atoms with Gasteiger partial charge in [-0.1, -0.05) is 36.4 Å². The van der Waals surface area contributed by atoms with E-state index in [1.54, 1.807) is 6.21 Å². The molecule has 4 nitrogen and oxygen atoms in total. The minimum Gasteiger partial charge on any atom is -0.483 e. The molecule has 0 aliphatic heterocycles. The van der Waals surface area contributed by atoms with Crippen molar-refractivity contribution in [3.8, 4) is 5.75 Å². The van der Waals surface area contributed by atoms with E-state index in [4.69, 9.17) is 4.74 Å². The van der Waals surface area contributed by atoms with Gasteiger partial charge in [0.2, 0.25) is 0 Å². The molecule has 0 aromatic heterocycles. The molecule has 0 aliphatic rings. The summed E-state index contributed by atoms with van der Waals surface area (Å²) in [4.78, 5) is 11.6. The van der Waals surface area contributed by atoms with Gasteiger partial charge in [-0.2, -0.15) is 5.10 Å². The highest BCUT2D eigenvalue weighted by atomic mass is 79.9. The molecule has 0 bridgehead atoms. The van der Waals surface area contributed by atoms with Crippen LogP contribution in [0, 0.1) is 6.92 Å². The van der Waals surface area contributed by atoms with Crippen LogP contribution in [0.15, 0.2) is 58.1 Å². The van der Waals surface area contributed by atoms with Gasteiger partial charge in [-0.15, -0.1) is 0 Å². The van der Waals surface area contributed by atoms with Crippen molar-refractivity contribution in [1.82, 2.24) is 5.43 Å². The van der Waals surface area contributed by atoms with E-state index in [2.05, 4.69) is 26.5 Å². The van der Waals surface area contributed by atoms with Crippen LogP contribution < -0.4 is 10.2 Å². The van der Waals surface area contributed by atoms with Crippen LogP contribution >= 0.6 is 15.9 Å². The van der Waals surface area contributed by atoms with Crippen molar-refractivity contribution in [1.29, 1.82) is 0 Å². The summed E-state index contributed by atoms with van der Waals surface area (Å²) in [5.74, 6) is 0.339. The summed E-state index contributed by atoms with van der Waals surface area (Å²) >= 11 is 3.40. The molecule has 0 radical (unpaired) electrons. The molecule has 0 heterocycles. The zero-order chi connectivity index (χ0) is 15.8. The van der Waals surface area contributed by atoms with Gasteiger partial charge in [0.25, 0.3) is 5.91 Å². The minimum atomic E-state index is -0.295. The predicted octanol–water partition coefficient (Wildman–Crippen LogP) is 3.48. The van der Waals surface area contributed by atoms with E-state index in [1.807, 2.05) is 55.5 Å². The molecule has 5 heteroatoms. The van der Waals surface area contributed by atoms with Crippen molar-refractivity contribution < 1.29 is 9.53 Å². The second-order valence-electron chi connectivity index (χ2n) is 4.76. The van der Waals surface area contributed by atoms with Crippen molar-refractivity contribution in [2.75, 3.05) is 6.61 Å². The van der Waals surface area contributed by atoms with Crippen LogP contribution in [-0.4, -0.2) is 18.7 Å². The maximum atomic E-state index is 11.6. The molecular formula is C17H17BrN2O2. The Labute approximate surface area is 138 Å². The Kier molecular flexibility index (Phi) is 6.15. The maximum Gasteiger partial charge on any atom is 0.277 e. The van der Waals surface area contributed by atoms with Gasteiger partial charge in [0.05, 0.1) is 4.47 Å². The van der Waals surface area contributed by atoms with Gasteiger partial charge < -0.3 is 4.74 Å². The van der Waals surface area contributed by atoms with Crippen LogP contribution in [0.4, 0.5) is 0 Å². The lowest BCUT2D eigenvalue weighted by molar-refractivity contribution is -0.123. The van der Waals surface area contributed by atoms with Crippen molar-refractivity contribution >= 4 is 28.1 Å². The summed E-state index contributed by atoms with van der Waals surface area (Å²) in [5.41, 5.74) is 4.70. The lowest BCUT2D eigenvalue weighted by Gasteiger charge is -2.07. The van der Waals surface area contributed by atoms with E-state index in [0.717, 1.165) is 15.6 Å². The minimum absolute atomic E-state index is 0.0790. The number of halogens is 1. The first-order valence-electron chi connectivity index (χ1n) is 6.88. The molecule has 0 atom stereocenters. The van der Waals surface area contributed by atoms with Crippen molar-refractivity contribution in [2.45, 2.75) is 13.3 Å². The average molecular weight is 361 g/mol. The lowest BCUT2D eigenvalue weighted by Crippen LogP contribution is -2.24. The number of amides is 1. The number of carbonyl (C=O) groups is 1. The van der Waals surface area contributed by atoms with Crippen molar-refractivity contribution in [2.24, 2.45) is 5.10 Å². The van der Waals surface area contributed by atoms with E-state index in [1.165, 1.54) is 0 Å². The zero-order valence-corrected chi connectivity index (χ0v) is 13.8. The molecule has 0 fully saturated rings. The van der Waals surface area contributed by atoms with Crippen molar-refractivity contribution in [3.05, 3.63) is 64.1 Å². The average Bonchev–Trinajstić information content (AvgIpc) is 2.52. The molecule has 0 spiro atoms. The molecule has 1 N–H and O–H groups in total. The van der Waals surface area contributed by atoms with Gasteiger partial charge in [0.15, 0.2) is 6.61 Å². The highest BCUT2D eigenvalue weighted by molar-refractivity contribution is 9.10. The van der Waals surface area contributed by atoms with Crippen molar-refractivity contribution in [3.63, 3.8) is 0 Å². The fourth-order valence-electron chi connectivity index (χ4n) is 1.78. The number of aryl methyl sites for hydroxylation is 1. The monoisotopic (exact) mass is 360 g/mol. The van der Waals surface area contributed by atoms with E-state index in [-0.39, 0.29) is 12.5 Å². The number of benzene rings is 2. The highest BCUT2D eigenvalue weighted by Crippen LogP contribution is 2.25. The number of ether oxygens (including phenoxy) is 1. The second-order valence-corrected chi connectivity index (χ2v) is 5.61. The van der Waals surface area contributed by atoms with Gasteiger partial charge in [0.1, 0.15) is 5.75 Å². The third-order valence-corrected chi connectivity index (χ3v) is 3.52. The van der Waals surface area contributed by atoms with Crippen LogP contribution in [0.25, 0.3) is 0 Å². The van der Waals surface area contributed by atoms with Crippen LogP contribution in [-0.2, 0) is 11.2 Å². The van der Waals surface area contributed by atoms with Gasteiger partial charge in [-0.3, -0.25) is 4.79 Å². The Hall–Kier alpha value is -2.14. The molecule has 2 aromatic carbocycles. The number of hydrogen-bond acceptors (Lipinski definition) is 3. The molecular weight excluding hydrogens is 344 g/mol. The van der Waals surface area contributed by atoms with Crippen LogP contribution in [0.5, 0.6) is 5.75 Å². The smallest absolute Gasteiger partial charge is 0.277 e. The number of rotatable bonds is 6. The van der Waals surface area contributed by atoms with Gasteiger partial charge in [-0.05, 0) is 46.1 Å². The summed E-state index contributed by atoms with van der Waals surface area (Å²) in [5, 5.41) is 3.90. The molecule has 2 aromatic rings. The molecule has 22 heavy (non-hydrogen) atoms. The first kappa shape index (κ1) is 16.2. The summed E-state index contributed by atoms with van der Waals surface area (Å²) in [6.45, 7) is 1.91. The van der Waals surface area contributed by atoms with Gasteiger partial charge >= 0.3 is 0 Å². The van der Waals surface area contributed by atoms with Crippen LogP contribution in [0.3, 0.4) is 0 Å². The normalized spacial score (nSPS) is 10.6. The molecule has 0 saturated carbocycles. The molecule has 0 aliphatic carbocycles. The maximum absolute atomic E-state index is 11.6. The Balaban J connectivity index is 1.74. The van der Waals surface area contributed by atoms with Crippen LogP contribution in [0.2, 0.25) is 0 Å². The lowest BCUT2D eigenvalue weighted by atomic mass is 10.2. The predicted molar refractivity (Wildman–Crippen MR) is 91.2 cm³/mol. The quantitative estimate of drug-likeness (QED) is 0.633. The Morgan fingerprint density at radius 1 is 1.27 bits per heavy atom. The number of nitrogens with one attached hydrogen (secondary N) is 1. The first-order chi connectivity index (χ1) is 10.6. The van der Waals surface area contributed by atoms with E-state index in [0.29, 0.717) is 12.2 Å². The summed E-state index contributed by atoms with van der Waals surface area (Å²) < 4.78 is 6.26. The molecule has 114 valence electrons. The van der Waals surface area contributed by atoms with E-state index >= 15 is 0 Å². The second kappa shape index (κ2) is 8.34. The SMILES string of the molecule is Cc1ccc(OCC(=O)N/N=C/Cc2ccccc2)c(Br)c1. The van der Waals surface area contributed by atoms with E-state index in [9.17, 15) is 4.79 Å². The summed E-state index contributed by atoms with van der Waals surface area (Å²) in [6.07, 6.45) is 2.33. The Morgan fingerprint density at radius 3 is 2.77 bits per heavy atom. The third kappa shape index (κ3) is 5.33. The Bertz CT molecular complexity index is 657. The summed E-state index contributed by atoms with van der Waals surface area (Å²) in [7, 11) is 0. The van der Waals surface area contributed by atoms with Gasteiger partial charge in [-0.25, -0.2) is 5.43 Å². The standard InChI is InChI=1S/C17H17BrN2O2/c1-13-7-8-16(15(18)11-13)22-12-17(21)20-19-10-9-14-5-3-2-4-6-14/h2-8,10-11H,9,12H2,1H3,(H,20,21)/b19-10+. The Morgan fingerprint density at radius 2 is 2.05 bits per heavy atom. The number of hydrogen-bond donors (Lipinski definition) is 1.